The fourth-order valence-corrected chi connectivity index (χ4v) is 71.7. The molecule has 0 amide bonds. The zero-order valence-corrected chi connectivity index (χ0v) is 64.2. The molecular formula is C34H96O16Si17. The average molecular weight is 1240 g/mol. The molecule has 4 aliphatic rings. The second kappa shape index (κ2) is 29.5. The quantitative estimate of drug-likeness (QED) is 0.127. The van der Waals surface area contributed by atoms with Gasteiger partial charge in [-0.25, -0.2) is 0 Å². The first-order chi connectivity index (χ1) is 31.2. The fraction of sp³-hybridized carbons (Fsp3) is 1.00. The Morgan fingerprint density at radius 1 is 0.418 bits per heavy atom. The molecule has 16 nitrogen and oxygen atoms in total. The van der Waals surface area contributed by atoms with Crippen LogP contribution in [-0.2, 0) is 67.1 Å². The third kappa shape index (κ3) is 25.2. The molecule has 4 heterocycles. The maximum absolute atomic E-state index is 7.70. The van der Waals surface area contributed by atoms with E-state index in [-0.39, 0.29) is 24.4 Å². The molecule has 0 spiro atoms. The number of hydrogen-bond acceptors (Lipinski definition) is 16. The first kappa shape index (κ1) is 62.6. The van der Waals surface area contributed by atoms with E-state index in [2.05, 4.69) is 119 Å². The van der Waals surface area contributed by atoms with Crippen molar-refractivity contribution in [1.82, 2.24) is 0 Å². The fourth-order valence-electron chi connectivity index (χ4n) is 9.54. The van der Waals surface area contributed by atoms with Gasteiger partial charge in [-0.3, -0.25) is 0 Å². The maximum atomic E-state index is 7.70. The highest BCUT2D eigenvalue weighted by Gasteiger charge is 2.56. The Morgan fingerprint density at radius 3 is 1.30 bits per heavy atom. The highest BCUT2D eigenvalue weighted by Crippen LogP contribution is 2.34. The van der Waals surface area contributed by atoms with Crippen LogP contribution >= 0.6 is 0 Å². The normalized spacial score (nSPS) is 38.4. The van der Waals surface area contributed by atoms with E-state index in [9.17, 15) is 0 Å². The van der Waals surface area contributed by atoms with Gasteiger partial charge in [0.25, 0.3) is 27.9 Å². The summed E-state index contributed by atoms with van der Waals surface area (Å²) in [5.74, 6) is 0. The first-order valence-electron chi connectivity index (χ1n) is 25.8. The standard InChI is InChI=1S/C34H96O16Si17/c1-31-27-54(7)42-63(45-56(9)35-31)20-19-51-39-67(48-64(13,14)24-21-60-30-34(4)36-55(8)43-59(12)44-60,49-65(15,16)25-22-61-37-32(2)28-52(5)40-57(10)46-61)50-66(17,18)26-23-62-38-33(3)29-53(6)41-58(11)47-62/h31-34,52-63H,19-30,51H2,1-18H3. The molecule has 4 rings (SSSR count). The predicted molar refractivity (Wildman–Crippen MR) is 312 cm³/mol. The lowest BCUT2D eigenvalue weighted by molar-refractivity contribution is 0.150. The molecule has 0 radical (unpaired) electrons. The van der Waals surface area contributed by atoms with Gasteiger partial charge >= 0.3 is 55.5 Å². The van der Waals surface area contributed by atoms with Crippen LogP contribution in [0.4, 0.5) is 0 Å². The third-order valence-corrected chi connectivity index (χ3v) is 67.9. The van der Waals surface area contributed by atoms with Crippen LogP contribution in [0.1, 0.15) is 27.7 Å². The van der Waals surface area contributed by atoms with Gasteiger partial charge in [-0.05, 0) is 192 Å². The molecule has 16 unspecified atom stereocenters. The topological polar surface area (TPSA) is 148 Å². The van der Waals surface area contributed by atoms with Crippen LogP contribution < -0.4 is 0 Å². The lowest BCUT2D eigenvalue weighted by Crippen LogP contribution is -2.64. The summed E-state index contributed by atoms with van der Waals surface area (Å²) in [6, 6.07) is 11.3. The van der Waals surface area contributed by atoms with Gasteiger partial charge in [-0.1, -0.05) is 0 Å². The molecule has 0 saturated carbocycles. The van der Waals surface area contributed by atoms with Gasteiger partial charge in [0, 0.05) is 24.4 Å². The molecule has 16 atom stereocenters. The molecule has 0 aromatic carbocycles. The molecule has 67 heavy (non-hydrogen) atoms. The molecule has 4 fully saturated rings. The van der Waals surface area contributed by atoms with Gasteiger partial charge in [-0.2, -0.15) is 0 Å². The maximum Gasteiger partial charge on any atom is 0.636 e. The Morgan fingerprint density at radius 2 is 0.806 bits per heavy atom. The monoisotopic (exact) mass is 1240 g/mol. The van der Waals surface area contributed by atoms with E-state index in [4.69, 9.17) is 67.1 Å². The van der Waals surface area contributed by atoms with E-state index in [1.807, 2.05) is 0 Å². The third-order valence-electron chi connectivity index (χ3n) is 12.3. The number of rotatable bonds is 20. The second-order valence-electron chi connectivity index (χ2n) is 21.7. The van der Waals surface area contributed by atoms with Crippen molar-refractivity contribution in [3.8, 4) is 0 Å². The minimum Gasteiger partial charge on any atom is -0.441 e. The highest BCUT2D eigenvalue weighted by molar-refractivity contribution is 6.90. The number of hydrogen-bond donors (Lipinski definition) is 0. The summed E-state index contributed by atoms with van der Waals surface area (Å²) in [5.41, 5.74) is 0. The summed E-state index contributed by atoms with van der Waals surface area (Å²) >= 11 is 0. The van der Waals surface area contributed by atoms with Crippen molar-refractivity contribution in [3.05, 3.63) is 0 Å². The molecule has 0 aliphatic carbocycles. The second-order valence-corrected chi connectivity index (χ2v) is 67.8. The minimum absolute atomic E-state index is 0.152. The van der Waals surface area contributed by atoms with E-state index in [1.54, 1.807) is 0 Å². The predicted octanol–water partition coefficient (Wildman–Crippen LogP) is 4.11. The van der Waals surface area contributed by atoms with Crippen molar-refractivity contribution >= 4 is 154 Å². The Kier molecular flexibility index (Phi) is 27.6. The molecule has 0 N–H and O–H groups in total. The molecule has 33 heteroatoms. The molecule has 0 aromatic heterocycles. The molecule has 396 valence electrons. The Bertz CT molecular complexity index is 1250. The van der Waals surface area contributed by atoms with Gasteiger partial charge in [0.15, 0.2) is 70.9 Å². The Labute approximate surface area is 434 Å². The molecule has 0 bridgehead atoms. The van der Waals surface area contributed by atoms with Crippen LogP contribution in [0.2, 0.25) is 164 Å². The lowest BCUT2D eigenvalue weighted by Gasteiger charge is -2.44. The minimum atomic E-state index is -3.81. The summed E-state index contributed by atoms with van der Waals surface area (Å²) in [7, 11) is -32.9. The molecule has 4 aliphatic heterocycles. The molecule has 4 saturated heterocycles. The van der Waals surface area contributed by atoms with E-state index < -0.39 is 154 Å². The first-order valence-corrected chi connectivity index (χ1v) is 63.5. The van der Waals surface area contributed by atoms with Crippen LogP contribution in [0.15, 0.2) is 0 Å². The SMILES string of the molecule is CC1C[SiH](CC[Si](C)(C)O[Si](O[SiH2]CC[SiH]2O[SiH](C)CC(C)O[SiH](C)O2)(O[Si](C)(C)CC[SiH]2OC(C)C[SiH](C)O[SiH](C)O2)O[Si](C)(C)CC[SiH]2OC(C)C[SiH](C)O[SiH](C)O2)O[SiH](C)O[SiH](C)O1. The average Bonchev–Trinajstić information content (AvgIpc) is 3.13. The van der Waals surface area contributed by atoms with Gasteiger partial charge in [0.05, 0.1) is 0 Å². The van der Waals surface area contributed by atoms with Crippen molar-refractivity contribution < 1.29 is 67.1 Å². The van der Waals surface area contributed by atoms with Crippen LogP contribution in [0.3, 0.4) is 0 Å². The molecule has 0 aromatic rings. The summed E-state index contributed by atoms with van der Waals surface area (Å²) < 4.78 is 109. The van der Waals surface area contributed by atoms with Crippen molar-refractivity contribution in [1.29, 1.82) is 0 Å². The van der Waals surface area contributed by atoms with E-state index in [0.717, 1.165) is 72.5 Å². The van der Waals surface area contributed by atoms with E-state index >= 15 is 0 Å². The highest BCUT2D eigenvalue weighted by atomic mass is 28.5. The smallest absolute Gasteiger partial charge is 0.441 e. The van der Waals surface area contributed by atoms with Crippen molar-refractivity contribution in [2.45, 2.75) is 216 Å². The summed E-state index contributed by atoms with van der Waals surface area (Å²) in [5, 5.41) is 0. The van der Waals surface area contributed by atoms with Gasteiger partial charge in [-0.15, -0.1) is 0 Å². The van der Waals surface area contributed by atoms with Crippen molar-refractivity contribution in [2.24, 2.45) is 0 Å². The lowest BCUT2D eigenvalue weighted by atomic mass is 10.5. The zero-order valence-electron chi connectivity index (χ0n) is 45.0. The van der Waals surface area contributed by atoms with Gasteiger partial charge in [0.1, 0.15) is 0 Å². The van der Waals surface area contributed by atoms with Crippen molar-refractivity contribution in [2.75, 3.05) is 0 Å². The van der Waals surface area contributed by atoms with E-state index in [0.29, 0.717) is 0 Å². The van der Waals surface area contributed by atoms with Crippen LogP contribution in [0.5, 0.6) is 0 Å². The Balaban J connectivity index is 1.64. The Hall–Kier alpha value is 3.05. The van der Waals surface area contributed by atoms with Gasteiger partial charge < -0.3 is 67.1 Å². The summed E-state index contributed by atoms with van der Waals surface area (Å²) in [6.45, 7) is 40.2. The van der Waals surface area contributed by atoms with Gasteiger partial charge in [0.2, 0.25) is 0 Å². The van der Waals surface area contributed by atoms with Crippen LogP contribution in [-0.4, -0.2) is 179 Å². The molecular weight excluding hydrogens is 1140 g/mol. The summed E-state index contributed by atoms with van der Waals surface area (Å²) in [4.78, 5) is 0. The van der Waals surface area contributed by atoms with Crippen molar-refractivity contribution in [3.63, 3.8) is 0 Å². The largest absolute Gasteiger partial charge is 0.636 e. The van der Waals surface area contributed by atoms with Crippen LogP contribution in [0.25, 0.3) is 0 Å². The van der Waals surface area contributed by atoms with E-state index in [1.165, 1.54) is 0 Å². The van der Waals surface area contributed by atoms with Crippen LogP contribution in [0, 0.1) is 0 Å². The summed E-state index contributed by atoms with van der Waals surface area (Å²) in [6.07, 6.45) is 0.674. The zero-order chi connectivity index (χ0) is 49.7.